The molecule has 2 aromatic rings. The summed E-state index contributed by atoms with van der Waals surface area (Å²) in [7, 11) is -1.27. The van der Waals surface area contributed by atoms with Crippen molar-refractivity contribution in [1.82, 2.24) is 5.32 Å². The molecule has 0 aliphatic heterocycles. The summed E-state index contributed by atoms with van der Waals surface area (Å²) in [6, 6.07) is 14.0. The Balaban J connectivity index is 2.20. The highest BCUT2D eigenvalue weighted by molar-refractivity contribution is 7.90. The molecule has 2 aromatic carbocycles. The summed E-state index contributed by atoms with van der Waals surface area (Å²) in [6.07, 6.45) is 6.31. The van der Waals surface area contributed by atoms with Crippen molar-refractivity contribution >= 4 is 15.4 Å². The normalized spacial score (nSPS) is 15.7. The van der Waals surface area contributed by atoms with Crippen molar-refractivity contribution in [2.45, 2.75) is 24.2 Å². The van der Waals surface area contributed by atoms with Gasteiger partial charge in [-0.2, -0.15) is 0 Å². The first-order valence-corrected chi connectivity index (χ1v) is 10.2. The van der Waals surface area contributed by atoms with Crippen molar-refractivity contribution in [3.05, 3.63) is 70.8 Å². The molecule has 0 radical (unpaired) electrons. The molecule has 3 rings (SSSR count). The van der Waals surface area contributed by atoms with Gasteiger partial charge in [0.15, 0.2) is 9.84 Å². The van der Waals surface area contributed by atoms with E-state index in [4.69, 9.17) is 0 Å². The molecule has 4 heteroatoms. The molecule has 0 atom stereocenters. The molecule has 126 valence electrons. The van der Waals surface area contributed by atoms with E-state index in [9.17, 15) is 8.42 Å². The number of nitrogens with one attached hydrogen (secondary N) is 1. The Bertz CT molecular complexity index is 882. The summed E-state index contributed by atoms with van der Waals surface area (Å²) in [4.78, 5) is 0.389. The Kier molecular flexibility index (Phi) is 4.88. The summed E-state index contributed by atoms with van der Waals surface area (Å²) in [5.74, 6) is 0. The minimum atomic E-state index is -3.21. The Labute approximate surface area is 144 Å². The molecule has 1 aliphatic rings. The van der Waals surface area contributed by atoms with Crippen LogP contribution in [0.15, 0.2) is 53.4 Å². The van der Waals surface area contributed by atoms with Crippen molar-refractivity contribution in [2.24, 2.45) is 0 Å². The van der Waals surface area contributed by atoms with Crippen LogP contribution in [-0.2, 0) is 22.7 Å². The van der Waals surface area contributed by atoms with Gasteiger partial charge in [0, 0.05) is 6.26 Å². The van der Waals surface area contributed by atoms with Crippen molar-refractivity contribution in [3.8, 4) is 0 Å². The lowest BCUT2D eigenvalue weighted by Crippen LogP contribution is -2.06. The molecule has 1 N–H and O–H groups in total. The average Bonchev–Trinajstić information content (AvgIpc) is 2.71. The Hall–Kier alpha value is -1.91. The van der Waals surface area contributed by atoms with Crippen molar-refractivity contribution < 1.29 is 8.42 Å². The van der Waals surface area contributed by atoms with E-state index in [1.165, 1.54) is 22.9 Å². The van der Waals surface area contributed by atoms with E-state index in [1.807, 2.05) is 19.2 Å². The van der Waals surface area contributed by atoms with E-state index in [0.717, 1.165) is 36.9 Å². The fourth-order valence-electron chi connectivity index (χ4n) is 3.25. The lowest BCUT2D eigenvalue weighted by molar-refractivity contribution is 0.602. The molecule has 0 unspecified atom stereocenters. The second-order valence-electron chi connectivity index (χ2n) is 6.26. The SMILES string of the molecule is CNCC/C=C1/c2ccccc2CCc2ccc(S(C)(=O)=O)cc21. The minimum absolute atomic E-state index is 0.389. The first-order chi connectivity index (χ1) is 11.5. The quantitative estimate of drug-likeness (QED) is 0.869. The molecule has 3 nitrogen and oxygen atoms in total. The largest absolute Gasteiger partial charge is 0.319 e. The van der Waals surface area contributed by atoms with Gasteiger partial charge in [0.25, 0.3) is 0 Å². The molecular weight excluding hydrogens is 318 g/mol. The topological polar surface area (TPSA) is 46.2 Å². The minimum Gasteiger partial charge on any atom is -0.319 e. The van der Waals surface area contributed by atoms with Crippen LogP contribution in [-0.4, -0.2) is 28.3 Å². The average molecular weight is 341 g/mol. The monoisotopic (exact) mass is 341 g/mol. The van der Waals surface area contributed by atoms with E-state index in [0.29, 0.717) is 4.90 Å². The maximum absolute atomic E-state index is 12.0. The maximum atomic E-state index is 12.0. The molecule has 0 amide bonds. The second kappa shape index (κ2) is 6.91. The predicted octanol–water partition coefficient (Wildman–Crippen LogP) is 3.23. The fourth-order valence-corrected chi connectivity index (χ4v) is 3.90. The molecule has 1 aliphatic carbocycles. The van der Waals surface area contributed by atoms with E-state index in [2.05, 4.69) is 35.7 Å². The first kappa shape index (κ1) is 16.9. The van der Waals surface area contributed by atoms with Crippen LogP contribution in [0.5, 0.6) is 0 Å². The van der Waals surface area contributed by atoms with Crippen molar-refractivity contribution in [3.63, 3.8) is 0 Å². The second-order valence-corrected chi connectivity index (χ2v) is 8.27. The van der Waals surface area contributed by atoms with Gasteiger partial charge >= 0.3 is 0 Å². The fraction of sp³-hybridized carbons (Fsp3) is 0.300. The van der Waals surface area contributed by atoms with Crippen LogP contribution in [0.2, 0.25) is 0 Å². The molecule has 24 heavy (non-hydrogen) atoms. The van der Waals surface area contributed by atoms with E-state index in [-0.39, 0.29) is 0 Å². The van der Waals surface area contributed by atoms with Crippen LogP contribution in [0.1, 0.15) is 28.7 Å². The number of rotatable bonds is 4. The third-order valence-electron chi connectivity index (χ3n) is 4.51. The maximum Gasteiger partial charge on any atom is 0.175 e. The molecule has 0 bridgehead atoms. The zero-order valence-corrected chi connectivity index (χ0v) is 15.0. The Morgan fingerprint density at radius 2 is 1.75 bits per heavy atom. The number of hydrogen-bond acceptors (Lipinski definition) is 3. The van der Waals surface area contributed by atoms with Gasteiger partial charge in [-0.1, -0.05) is 36.4 Å². The number of aryl methyl sites for hydroxylation is 2. The molecule has 0 saturated heterocycles. The standard InChI is InChI=1S/C20H23NO2S/c1-21-13-5-8-19-18-7-4-3-6-15(18)9-10-16-11-12-17(14-20(16)19)24(2,22)23/h3-4,6-8,11-12,14,21H,5,9-10,13H2,1-2H3/b19-8-. The number of hydrogen-bond donors (Lipinski definition) is 1. The van der Waals surface area contributed by atoms with Crippen LogP contribution < -0.4 is 5.32 Å². The van der Waals surface area contributed by atoms with E-state index >= 15 is 0 Å². The van der Waals surface area contributed by atoms with E-state index < -0.39 is 9.84 Å². The zero-order valence-electron chi connectivity index (χ0n) is 14.2. The van der Waals surface area contributed by atoms with Crippen LogP contribution in [0.4, 0.5) is 0 Å². The number of benzene rings is 2. The van der Waals surface area contributed by atoms with Crippen molar-refractivity contribution in [2.75, 3.05) is 19.8 Å². The summed E-state index contributed by atoms with van der Waals surface area (Å²) < 4.78 is 24.0. The smallest absolute Gasteiger partial charge is 0.175 e. The highest BCUT2D eigenvalue weighted by Gasteiger charge is 2.19. The molecule has 0 saturated carbocycles. The van der Waals surface area contributed by atoms with Gasteiger partial charge in [-0.25, -0.2) is 8.42 Å². The zero-order chi connectivity index (χ0) is 17.2. The molecule has 0 fully saturated rings. The summed E-state index contributed by atoms with van der Waals surface area (Å²) >= 11 is 0. The highest BCUT2D eigenvalue weighted by Crippen LogP contribution is 2.35. The van der Waals surface area contributed by atoms with E-state index in [1.54, 1.807) is 6.07 Å². The van der Waals surface area contributed by atoms with Gasteiger partial charge in [-0.15, -0.1) is 0 Å². The first-order valence-electron chi connectivity index (χ1n) is 8.27. The third-order valence-corrected chi connectivity index (χ3v) is 5.62. The van der Waals surface area contributed by atoms with Gasteiger partial charge in [0.2, 0.25) is 0 Å². The van der Waals surface area contributed by atoms with Gasteiger partial charge in [0.05, 0.1) is 4.90 Å². The summed E-state index contributed by atoms with van der Waals surface area (Å²) in [5, 5.41) is 3.17. The predicted molar refractivity (Wildman–Crippen MR) is 99.0 cm³/mol. The Morgan fingerprint density at radius 1 is 1.04 bits per heavy atom. The lowest BCUT2D eigenvalue weighted by Gasteiger charge is -2.13. The highest BCUT2D eigenvalue weighted by atomic mass is 32.2. The van der Waals surface area contributed by atoms with Crippen LogP contribution in [0.25, 0.3) is 5.57 Å². The van der Waals surface area contributed by atoms with Crippen molar-refractivity contribution in [1.29, 1.82) is 0 Å². The number of sulfone groups is 1. The Morgan fingerprint density at radius 3 is 2.46 bits per heavy atom. The summed E-state index contributed by atoms with van der Waals surface area (Å²) in [5.41, 5.74) is 5.97. The molecule has 0 aromatic heterocycles. The van der Waals surface area contributed by atoms with Crippen LogP contribution in [0.3, 0.4) is 0 Å². The van der Waals surface area contributed by atoms with Gasteiger partial charge in [-0.05, 0) is 72.8 Å². The lowest BCUT2D eigenvalue weighted by atomic mass is 9.93. The van der Waals surface area contributed by atoms with Gasteiger partial charge < -0.3 is 5.32 Å². The van der Waals surface area contributed by atoms with Crippen LogP contribution in [0, 0.1) is 0 Å². The molecule has 0 heterocycles. The molecule has 0 spiro atoms. The van der Waals surface area contributed by atoms with Gasteiger partial charge in [-0.3, -0.25) is 0 Å². The van der Waals surface area contributed by atoms with Crippen LogP contribution >= 0.6 is 0 Å². The summed E-state index contributed by atoms with van der Waals surface area (Å²) in [6.45, 7) is 0.896. The molecular formula is C20H23NO2S. The number of fused-ring (bicyclic) bond motifs is 2. The third kappa shape index (κ3) is 3.45. The van der Waals surface area contributed by atoms with Gasteiger partial charge in [0.1, 0.15) is 0 Å².